The van der Waals surface area contributed by atoms with Gasteiger partial charge in [-0.1, -0.05) is 17.7 Å². The molecule has 0 heterocycles. The van der Waals surface area contributed by atoms with Crippen molar-refractivity contribution in [2.24, 2.45) is 11.5 Å². The fourth-order valence-electron chi connectivity index (χ4n) is 1.22. The van der Waals surface area contributed by atoms with Gasteiger partial charge in [0, 0.05) is 17.6 Å². The molecule has 1 unspecified atom stereocenters. The molecule has 0 spiro atoms. The summed E-state index contributed by atoms with van der Waals surface area (Å²) in [6.07, 6.45) is -4.47. The summed E-state index contributed by atoms with van der Waals surface area (Å²) in [6, 6.07) is 2.63. The molecule has 6 heteroatoms. The van der Waals surface area contributed by atoms with E-state index in [0.717, 1.165) is 6.07 Å². The van der Waals surface area contributed by atoms with Crippen molar-refractivity contribution in [3.8, 4) is 0 Å². The normalized spacial score (nSPS) is 14.0. The Morgan fingerprint density at radius 1 is 1.33 bits per heavy atom. The molecule has 1 aromatic carbocycles. The second-order valence-corrected chi connectivity index (χ2v) is 3.51. The topological polar surface area (TPSA) is 52.0 Å². The van der Waals surface area contributed by atoms with E-state index >= 15 is 0 Å². The number of halogens is 4. The average Bonchev–Trinajstić information content (AvgIpc) is 2.15. The number of nitrogens with two attached hydrogens (primary N) is 2. The molecule has 15 heavy (non-hydrogen) atoms. The number of rotatable bonds is 2. The van der Waals surface area contributed by atoms with Crippen molar-refractivity contribution in [1.82, 2.24) is 0 Å². The minimum absolute atomic E-state index is 0.0234. The maximum absolute atomic E-state index is 12.6. The van der Waals surface area contributed by atoms with Gasteiger partial charge < -0.3 is 11.5 Å². The van der Waals surface area contributed by atoms with Gasteiger partial charge in [0.05, 0.1) is 5.56 Å². The van der Waals surface area contributed by atoms with Crippen LogP contribution in [0.15, 0.2) is 18.2 Å². The number of hydrogen-bond donors (Lipinski definition) is 2. The van der Waals surface area contributed by atoms with Crippen LogP contribution in [0.25, 0.3) is 0 Å². The van der Waals surface area contributed by atoms with E-state index in [1.54, 1.807) is 0 Å². The lowest BCUT2D eigenvalue weighted by Crippen LogP contribution is -2.24. The SMILES string of the molecule is NCC(N)c1ccc(Cl)cc1C(F)(F)F. The standard InChI is InChI=1S/C9H10ClF3N2/c10-5-1-2-6(8(15)4-14)7(3-5)9(11,12)13/h1-3,8H,4,14-15H2. The van der Waals surface area contributed by atoms with Crippen LogP contribution in [0.5, 0.6) is 0 Å². The summed E-state index contributed by atoms with van der Waals surface area (Å²) < 4.78 is 37.7. The van der Waals surface area contributed by atoms with E-state index in [0.29, 0.717) is 0 Å². The average molecular weight is 239 g/mol. The van der Waals surface area contributed by atoms with E-state index in [1.807, 2.05) is 0 Å². The third-order valence-electron chi connectivity index (χ3n) is 1.97. The molecule has 84 valence electrons. The van der Waals surface area contributed by atoms with Gasteiger partial charge in [0.1, 0.15) is 0 Å². The van der Waals surface area contributed by atoms with Crippen LogP contribution >= 0.6 is 11.6 Å². The molecule has 0 aliphatic rings. The van der Waals surface area contributed by atoms with Crippen LogP contribution in [-0.4, -0.2) is 6.54 Å². The Hall–Kier alpha value is -0.780. The Labute approximate surface area is 90.0 Å². The van der Waals surface area contributed by atoms with Crippen molar-refractivity contribution in [3.05, 3.63) is 34.3 Å². The highest BCUT2D eigenvalue weighted by molar-refractivity contribution is 6.30. The summed E-state index contributed by atoms with van der Waals surface area (Å²) in [6.45, 7) is -0.0509. The van der Waals surface area contributed by atoms with E-state index in [1.165, 1.54) is 12.1 Å². The Balaban J connectivity index is 3.27. The van der Waals surface area contributed by atoms with Crippen LogP contribution in [0.3, 0.4) is 0 Å². The summed E-state index contributed by atoms with van der Waals surface area (Å²) >= 11 is 5.50. The molecule has 0 aromatic heterocycles. The Morgan fingerprint density at radius 3 is 2.40 bits per heavy atom. The third-order valence-corrected chi connectivity index (χ3v) is 2.21. The van der Waals surface area contributed by atoms with E-state index in [9.17, 15) is 13.2 Å². The van der Waals surface area contributed by atoms with Crippen molar-refractivity contribution in [2.45, 2.75) is 12.2 Å². The predicted octanol–water partition coefficient (Wildman–Crippen LogP) is 2.32. The maximum atomic E-state index is 12.6. The molecule has 2 nitrogen and oxygen atoms in total. The molecule has 0 saturated carbocycles. The lowest BCUT2D eigenvalue weighted by atomic mass is 10.0. The summed E-state index contributed by atoms with van der Waals surface area (Å²) in [5, 5.41) is 0.0234. The lowest BCUT2D eigenvalue weighted by molar-refractivity contribution is -0.138. The van der Waals surface area contributed by atoms with Gasteiger partial charge in [-0.2, -0.15) is 13.2 Å². The first kappa shape index (κ1) is 12.3. The molecular formula is C9H10ClF3N2. The molecular weight excluding hydrogens is 229 g/mol. The summed E-state index contributed by atoms with van der Waals surface area (Å²) in [5.74, 6) is 0. The molecule has 1 aromatic rings. The van der Waals surface area contributed by atoms with Crippen LogP contribution in [0.1, 0.15) is 17.2 Å². The molecule has 0 amide bonds. The number of benzene rings is 1. The van der Waals surface area contributed by atoms with Gasteiger partial charge in [-0.05, 0) is 17.7 Å². The maximum Gasteiger partial charge on any atom is 0.416 e. The Bertz CT molecular complexity index is 352. The fraction of sp³-hybridized carbons (Fsp3) is 0.333. The summed E-state index contributed by atoms with van der Waals surface area (Å²) in [5.41, 5.74) is 9.84. The highest BCUT2D eigenvalue weighted by atomic mass is 35.5. The van der Waals surface area contributed by atoms with Gasteiger partial charge in [-0.25, -0.2) is 0 Å². The zero-order chi connectivity index (χ0) is 11.6. The summed E-state index contributed by atoms with van der Waals surface area (Å²) in [4.78, 5) is 0. The fourth-order valence-corrected chi connectivity index (χ4v) is 1.40. The Kier molecular flexibility index (Phi) is 3.59. The zero-order valence-corrected chi connectivity index (χ0v) is 8.44. The van der Waals surface area contributed by atoms with Gasteiger partial charge in [0.25, 0.3) is 0 Å². The molecule has 0 fully saturated rings. The van der Waals surface area contributed by atoms with Crippen LogP contribution < -0.4 is 11.5 Å². The quantitative estimate of drug-likeness (QED) is 0.831. The number of alkyl halides is 3. The molecule has 0 radical (unpaired) electrons. The zero-order valence-electron chi connectivity index (χ0n) is 7.68. The minimum atomic E-state index is -4.47. The molecule has 0 aliphatic carbocycles. The van der Waals surface area contributed by atoms with Crippen LogP contribution in [0.2, 0.25) is 5.02 Å². The van der Waals surface area contributed by atoms with Crippen molar-refractivity contribution in [2.75, 3.05) is 6.54 Å². The lowest BCUT2D eigenvalue weighted by Gasteiger charge is -2.17. The second-order valence-electron chi connectivity index (χ2n) is 3.07. The van der Waals surface area contributed by atoms with E-state index in [2.05, 4.69) is 0 Å². The first-order valence-corrected chi connectivity index (χ1v) is 4.56. The van der Waals surface area contributed by atoms with Crippen molar-refractivity contribution in [3.63, 3.8) is 0 Å². The van der Waals surface area contributed by atoms with E-state index in [-0.39, 0.29) is 17.1 Å². The molecule has 0 saturated heterocycles. The van der Waals surface area contributed by atoms with E-state index in [4.69, 9.17) is 23.1 Å². The second kappa shape index (κ2) is 4.38. The smallest absolute Gasteiger partial charge is 0.329 e. The molecule has 1 rings (SSSR count). The minimum Gasteiger partial charge on any atom is -0.329 e. The van der Waals surface area contributed by atoms with Crippen LogP contribution in [-0.2, 0) is 6.18 Å². The number of hydrogen-bond acceptors (Lipinski definition) is 2. The van der Waals surface area contributed by atoms with Crippen LogP contribution in [0, 0.1) is 0 Å². The van der Waals surface area contributed by atoms with Gasteiger partial charge >= 0.3 is 6.18 Å². The largest absolute Gasteiger partial charge is 0.416 e. The van der Waals surface area contributed by atoms with Crippen molar-refractivity contribution >= 4 is 11.6 Å². The van der Waals surface area contributed by atoms with Gasteiger partial charge in [0.15, 0.2) is 0 Å². The Morgan fingerprint density at radius 2 is 1.93 bits per heavy atom. The van der Waals surface area contributed by atoms with Crippen molar-refractivity contribution in [1.29, 1.82) is 0 Å². The molecule has 0 aliphatic heterocycles. The van der Waals surface area contributed by atoms with Gasteiger partial charge in [-0.15, -0.1) is 0 Å². The first-order chi connectivity index (χ1) is 6.86. The highest BCUT2D eigenvalue weighted by Gasteiger charge is 2.34. The summed E-state index contributed by atoms with van der Waals surface area (Å²) in [7, 11) is 0. The van der Waals surface area contributed by atoms with Crippen LogP contribution in [0.4, 0.5) is 13.2 Å². The molecule has 0 bridgehead atoms. The monoisotopic (exact) mass is 238 g/mol. The third kappa shape index (κ3) is 2.84. The van der Waals surface area contributed by atoms with Crippen molar-refractivity contribution < 1.29 is 13.2 Å². The highest BCUT2D eigenvalue weighted by Crippen LogP contribution is 2.35. The van der Waals surface area contributed by atoms with Gasteiger partial charge in [0.2, 0.25) is 0 Å². The predicted molar refractivity (Wildman–Crippen MR) is 52.4 cm³/mol. The van der Waals surface area contributed by atoms with E-state index < -0.39 is 17.8 Å². The molecule has 1 atom stereocenters. The van der Waals surface area contributed by atoms with Gasteiger partial charge in [-0.3, -0.25) is 0 Å². The first-order valence-electron chi connectivity index (χ1n) is 4.18. The molecule has 4 N–H and O–H groups in total.